The van der Waals surface area contributed by atoms with Gasteiger partial charge in [-0.2, -0.15) is 5.10 Å². The average molecular weight is 289 g/mol. The molecule has 7 nitrogen and oxygen atoms in total. The quantitative estimate of drug-likeness (QED) is 0.592. The van der Waals surface area contributed by atoms with E-state index in [-0.39, 0.29) is 0 Å². The van der Waals surface area contributed by atoms with E-state index in [1.807, 2.05) is 7.05 Å². The molecule has 0 aliphatic heterocycles. The Morgan fingerprint density at radius 3 is 2.90 bits per heavy atom. The Morgan fingerprint density at radius 2 is 2.24 bits per heavy atom. The summed E-state index contributed by atoms with van der Waals surface area (Å²) in [7, 11) is 1.88. The zero-order chi connectivity index (χ0) is 14.8. The molecule has 0 atom stereocenters. The van der Waals surface area contributed by atoms with Gasteiger partial charge in [-0.25, -0.2) is 15.8 Å². The molecule has 114 valence electrons. The highest BCUT2D eigenvalue weighted by Crippen LogP contribution is 2.28. The maximum Gasteiger partial charge on any atom is 0.163 e. The molecule has 0 saturated heterocycles. The average Bonchev–Trinajstić information content (AvgIpc) is 3.27. The lowest BCUT2D eigenvalue weighted by atomic mass is 10.3. The Balaban J connectivity index is 1.86. The molecule has 0 aromatic carbocycles. The van der Waals surface area contributed by atoms with Crippen molar-refractivity contribution in [2.24, 2.45) is 12.9 Å². The van der Waals surface area contributed by atoms with Crippen LogP contribution in [0, 0.1) is 0 Å². The lowest BCUT2D eigenvalue weighted by Gasteiger charge is -2.21. The van der Waals surface area contributed by atoms with Gasteiger partial charge in [-0.05, 0) is 25.8 Å². The van der Waals surface area contributed by atoms with E-state index in [4.69, 9.17) is 5.84 Å². The van der Waals surface area contributed by atoms with Gasteiger partial charge in [0.25, 0.3) is 0 Å². The SMILES string of the molecule is CCCCN(Cc1nc(NN)c2cnn(C)c2n1)C1CC1. The third kappa shape index (κ3) is 2.98. The van der Waals surface area contributed by atoms with E-state index in [1.165, 1.54) is 25.7 Å². The number of hydrogen-bond donors (Lipinski definition) is 2. The van der Waals surface area contributed by atoms with Crippen LogP contribution in [0.5, 0.6) is 0 Å². The number of fused-ring (bicyclic) bond motifs is 1. The third-order valence-corrected chi connectivity index (χ3v) is 3.98. The van der Waals surface area contributed by atoms with Crippen LogP contribution in [0.4, 0.5) is 5.82 Å². The van der Waals surface area contributed by atoms with Crippen molar-refractivity contribution >= 4 is 16.9 Å². The van der Waals surface area contributed by atoms with E-state index in [0.717, 1.165) is 29.9 Å². The van der Waals surface area contributed by atoms with Gasteiger partial charge in [-0.1, -0.05) is 13.3 Å². The summed E-state index contributed by atoms with van der Waals surface area (Å²) < 4.78 is 1.76. The molecule has 2 aromatic rings. The maximum atomic E-state index is 5.59. The van der Waals surface area contributed by atoms with Crippen molar-refractivity contribution in [3.8, 4) is 0 Å². The number of hydrogen-bond acceptors (Lipinski definition) is 6. The van der Waals surface area contributed by atoms with Crippen molar-refractivity contribution in [1.82, 2.24) is 24.6 Å². The molecular formula is C14H23N7. The summed E-state index contributed by atoms with van der Waals surface area (Å²) in [4.78, 5) is 11.7. The lowest BCUT2D eigenvalue weighted by molar-refractivity contribution is 0.245. The molecule has 3 N–H and O–H groups in total. The van der Waals surface area contributed by atoms with Crippen LogP contribution in [0.1, 0.15) is 38.4 Å². The zero-order valence-electron chi connectivity index (χ0n) is 12.7. The summed E-state index contributed by atoms with van der Waals surface area (Å²) in [5.74, 6) is 7.04. The van der Waals surface area contributed by atoms with Gasteiger partial charge in [0.05, 0.1) is 18.1 Å². The van der Waals surface area contributed by atoms with Crippen molar-refractivity contribution in [1.29, 1.82) is 0 Å². The highest BCUT2D eigenvalue weighted by molar-refractivity contribution is 5.86. The first-order valence-corrected chi connectivity index (χ1v) is 7.62. The minimum absolute atomic E-state index is 0.648. The molecular weight excluding hydrogens is 266 g/mol. The summed E-state index contributed by atoms with van der Waals surface area (Å²) >= 11 is 0. The maximum absolute atomic E-state index is 5.59. The molecule has 1 saturated carbocycles. The summed E-state index contributed by atoms with van der Waals surface area (Å²) in [6.07, 6.45) is 6.75. The van der Waals surface area contributed by atoms with Crippen LogP contribution >= 0.6 is 0 Å². The van der Waals surface area contributed by atoms with Crippen LogP contribution in [0.2, 0.25) is 0 Å². The number of nitrogen functional groups attached to an aromatic ring is 1. The zero-order valence-corrected chi connectivity index (χ0v) is 12.7. The predicted octanol–water partition coefficient (Wildman–Crippen LogP) is 1.41. The molecule has 7 heteroatoms. The molecule has 2 heterocycles. The fourth-order valence-electron chi connectivity index (χ4n) is 2.62. The number of aryl methyl sites for hydroxylation is 1. The number of nitrogens with one attached hydrogen (secondary N) is 1. The van der Waals surface area contributed by atoms with Gasteiger partial charge in [0.1, 0.15) is 5.82 Å². The van der Waals surface area contributed by atoms with Crippen LogP contribution in [0.3, 0.4) is 0 Å². The first kappa shape index (κ1) is 14.2. The number of nitrogens with zero attached hydrogens (tertiary/aromatic N) is 5. The topological polar surface area (TPSA) is 84.9 Å². The fraction of sp³-hybridized carbons (Fsp3) is 0.643. The van der Waals surface area contributed by atoms with E-state index in [9.17, 15) is 0 Å². The van der Waals surface area contributed by atoms with Crippen LogP contribution in [-0.2, 0) is 13.6 Å². The van der Waals surface area contributed by atoms with Gasteiger partial charge in [0, 0.05) is 13.1 Å². The van der Waals surface area contributed by atoms with E-state index < -0.39 is 0 Å². The lowest BCUT2D eigenvalue weighted by Crippen LogP contribution is -2.28. The molecule has 21 heavy (non-hydrogen) atoms. The third-order valence-electron chi connectivity index (χ3n) is 3.98. The first-order chi connectivity index (χ1) is 10.2. The van der Waals surface area contributed by atoms with Crippen LogP contribution in [0.15, 0.2) is 6.20 Å². The molecule has 0 bridgehead atoms. The Bertz CT molecular complexity index is 617. The van der Waals surface area contributed by atoms with Gasteiger partial charge in [0.2, 0.25) is 0 Å². The monoisotopic (exact) mass is 289 g/mol. The number of rotatable bonds is 7. The fourth-order valence-corrected chi connectivity index (χ4v) is 2.62. The molecule has 0 radical (unpaired) electrons. The summed E-state index contributed by atoms with van der Waals surface area (Å²) in [5.41, 5.74) is 3.48. The number of aromatic nitrogens is 4. The van der Waals surface area contributed by atoms with Gasteiger partial charge in [0.15, 0.2) is 11.5 Å². The van der Waals surface area contributed by atoms with Gasteiger partial charge in [-0.15, -0.1) is 0 Å². The van der Waals surface area contributed by atoms with E-state index in [0.29, 0.717) is 11.9 Å². The van der Waals surface area contributed by atoms with Crippen molar-refractivity contribution < 1.29 is 0 Å². The number of nitrogens with two attached hydrogens (primary N) is 1. The van der Waals surface area contributed by atoms with Crippen molar-refractivity contribution in [2.45, 2.75) is 45.2 Å². The van der Waals surface area contributed by atoms with Crippen molar-refractivity contribution in [3.05, 3.63) is 12.0 Å². The van der Waals surface area contributed by atoms with Gasteiger partial charge >= 0.3 is 0 Å². The Labute approximate surface area is 124 Å². The second kappa shape index (κ2) is 5.95. The molecule has 0 amide bonds. The normalized spacial score (nSPS) is 15.0. The standard InChI is InChI=1S/C14H23N7/c1-3-4-7-21(10-5-6-10)9-12-17-13(19-15)11-8-16-20(2)14(11)18-12/h8,10H,3-7,9,15H2,1-2H3,(H,17,18,19). The molecule has 1 fully saturated rings. The van der Waals surface area contributed by atoms with E-state index in [2.05, 4.69) is 32.3 Å². The van der Waals surface area contributed by atoms with Crippen molar-refractivity contribution in [3.63, 3.8) is 0 Å². The Hall–Kier alpha value is -1.73. The molecule has 1 aliphatic rings. The summed E-state index contributed by atoms with van der Waals surface area (Å²) in [6.45, 7) is 4.11. The predicted molar refractivity (Wildman–Crippen MR) is 82.5 cm³/mol. The minimum Gasteiger partial charge on any atom is -0.308 e. The number of hydrazine groups is 1. The van der Waals surface area contributed by atoms with Gasteiger partial charge < -0.3 is 5.43 Å². The smallest absolute Gasteiger partial charge is 0.163 e. The molecule has 1 aliphatic carbocycles. The molecule has 0 spiro atoms. The second-order valence-corrected chi connectivity index (χ2v) is 5.69. The number of unbranched alkanes of at least 4 members (excludes halogenated alkanes) is 1. The summed E-state index contributed by atoms with van der Waals surface area (Å²) in [6, 6.07) is 0.705. The minimum atomic E-state index is 0.648. The highest BCUT2D eigenvalue weighted by atomic mass is 15.3. The molecule has 2 aromatic heterocycles. The molecule has 0 unspecified atom stereocenters. The van der Waals surface area contributed by atoms with Gasteiger partial charge in [-0.3, -0.25) is 9.58 Å². The van der Waals surface area contributed by atoms with Crippen LogP contribution < -0.4 is 11.3 Å². The Kier molecular flexibility index (Phi) is 4.03. The largest absolute Gasteiger partial charge is 0.308 e. The van der Waals surface area contributed by atoms with Crippen molar-refractivity contribution in [2.75, 3.05) is 12.0 Å². The van der Waals surface area contributed by atoms with E-state index in [1.54, 1.807) is 10.9 Å². The first-order valence-electron chi connectivity index (χ1n) is 7.62. The van der Waals surface area contributed by atoms with E-state index >= 15 is 0 Å². The highest BCUT2D eigenvalue weighted by Gasteiger charge is 2.29. The van der Waals surface area contributed by atoms with Crippen LogP contribution in [0.25, 0.3) is 11.0 Å². The second-order valence-electron chi connectivity index (χ2n) is 5.69. The molecule has 3 rings (SSSR count). The number of anilines is 1. The Morgan fingerprint density at radius 1 is 1.43 bits per heavy atom. The summed E-state index contributed by atoms with van der Waals surface area (Å²) in [5, 5.41) is 5.08. The van der Waals surface area contributed by atoms with Crippen LogP contribution in [-0.4, -0.2) is 37.2 Å².